The van der Waals surface area contributed by atoms with E-state index in [-0.39, 0.29) is 18.2 Å². The summed E-state index contributed by atoms with van der Waals surface area (Å²) >= 11 is 0. The predicted molar refractivity (Wildman–Crippen MR) is 74.2 cm³/mol. The maximum absolute atomic E-state index is 13.7. The smallest absolute Gasteiger partial charge is 0.167 e. The van der Waals surface area contributed by atoms with E-state index in [4.69, 9.17) is 9.84 Å². The maximum atomic E-state index is 13.7. The lowest BCUT2D eigenvalue weighted by atomic mass is 10.2. The highest BCUT2D eigenvalue weighted by Crippen LogP contribution is 2.21. The number of halogens is 1. The molecule has 2 N–H and O–H groups in total. The van der Waals surface area contributed by atoms with Crippen LogP contribution in [0.5, 0.6) is 5.75 Å². The molecule has 0 amide bonds. The summed E-state index contributed by atoms with van der Waals surface area (Å²) in [5.41, 5.74) is 1.65. The molecule has 1 aromatic carbocycles. The molecular weight excluding hydrogens is 261 g/mol. The van der Waals surface area contributed by atoms with E-state index in [0.717, 1.165) is 5.56 Å². The molecule has 0 atom stereocenters. The quantitative estimate of drug-likeness (QED) is 0.814. The Morgan fingerprint density at radius 3 is 3.00 bits per heavy atom. The molecule has 1 aromatic heterocycles. The Kier molecular flexibility index (Phi) is 4.95. The van der Waals surface area contributed by atoms with Gasteiger partial charge >= 0.3 is 0 Å². The zero-order valence-electron chi connectivity index (χ0n) is 11.3. The van der Waals surface area contributed by atoms with Crippen LogP contribution in [0, 0.1) is 5.82 Å². The highest BCUT2D eigenvalue weighted by molar-refractivity contribution is 5.47. The largest absolute Gasteiger partial charge is 0.491 e. The topological polar surface area (TPSA) is 59.3 Å². The Balaban J connectivity index is 1.94. The molecule has 0 bridgehead atoms. The van der Waals surface area contributed by atoms with Gasteiger partial charge < -0.3 is 15.2 Å². The Bertz CT molecular complexity index is 557. The summed E-state index contributed by atoms with van der Waals surface area (Å²) in [7, 11) is 0. The highest BCUT2D eigenvalue weighted by atomic mass is 19.1. The van der Waals surface area contributed by atoms with Crippen molar-refractivity contribution in [3.8, 4) is 5.75 Å². The molecule has 2 rings (SSSR count). The van der Waals surface area contributed by atoms with E-state index in [1.807, 2.05) is 13.1 Å². The van der Waals surface area contributed by atoms with Crippen molar-refractivity contribution >= 4 is 5.69 Å². The summed E-state index contributed by atoms with van der Waals surface area (Å²) in [6, 6.07) is 4.78. The number of ether oxygens (including phenoxy) is 1. The molecule has 0 aliphatic heterocycles. The Hall–Kier alpha value is -2.08. The minimum absolute atomic E-state index is 0.0542. The molecule has 108 valence electrons. The fourth-order valence-electron chi connectivity index (χ4n) is 1.81. The van der Waals surface area contributed by atoms with Crippen molar-refractivity contribution in [3.05, 3.63) is 42.0 Å². The van der Waals surface area contributed by atoms with Crippen LogP contribution in [0.3, 0.4) is 0 Å². The van der Waals surface area contributed by atoms with Crippen LogP contribution in [0.2, 0.25) is 0 Å². The van der Waals surface area contributed by atoms with Crippen molar-refractivity contribution in [2.24, 2.45) is 0 Å². The number of benzene rings is 1. The molecule has 0 unspecified atom stereocenters. The number of rotatable bonds is 7. The standard InChI is InChI=1S/C14H18FN3O2/c1-2-20-14-4-3-12(7-13(14)15)16-8-11-9-17-18(10-11)5-6-19/h3-4,7,9-10,16,19H,2,5-6,8H2,1H3. The maximum Gasteiger partial charge on any atom is 0.167 e. The second kappa shape index (κ2) is 6.91. The number of aliphatic hydroxyl groups excluding tert-OH is 1. The molecule has 0 spiro atoms. The van der Waals surface area contributed by atoms with Gasteiger partial charge in [-0.15, -0.1) is 0 Å². The van der Waals surface area contributed by atoms with Crippen molar-refractivity contribution in [2.45, 2.75) is 20.0 Å². The highest BCUT2D eigenvalue weighted by Gasteiger charge is 2.04. The lowest BCUT2D eigenvalue weighted by molar-refractivity contribution is 0.269. The van der Waals surface area contributed by atoms with Gasteiger partial charge in [-0.3, -0.25) is 4.68 Å². The van der Waals surface area contributed by atoms with E-state index < -0.39 is 0 Å². The summed E-state index contributed by atoms with van der Waals surface area (Å²) in [5, 5.41) is 16.0. The molecule has 0 radical (unpaired) electrons. The van der Waals surface area contributed by atoms with Crippen molar-refractivity contribution in [1.82, 2.24) is 9.78 Å². The predicted octanol–water partition coefficient (Wildman–Crippen LogP) is 2.03. The van der Waals surface area contributed by atoms with E-state index >= 15 is 0 Å². The van der Waals surface area contributed by atoms with E-state index in [0.29, 0.717) is 25.4 Å². The number of anilines is 1. The first kappa shape index (κ1) is 14.3. The summed E-state index contributed by atoms with van der Waals surface area (Å²) < 4.78 is 20.5. The Morgan fingerprint density at radius 2 is 2.30 bits per heavy atom. The molecule has 0 fully saturated rings. The Labute approximate surface area is 117 Å². The van der Waals surface area contributed by atoms with Crippen LogP contribution in [0.15, 0.2) is 30.6 Å². The SMILES string of the molecule is CCOc1ccc(NCc2cnn(CCO)c2)cc1F. The molecule has 2 aromatic rings. The molecule has 0 aliphatic carbocycles. The number of aliphatic hydroxyl groups is 1. The van der Waals surface area contributed by atoms with E-state index in [1.165, 1.54) is 6.07 Å². The molecule has 20 heavy (non-hydrogen) atoms. The van der Waals surface area contributed by atoms with Crippen LogP contribution < -0.4 is 10.1 Å². The zero-order chi connectivity index (χ0) is 14.4. The lowest BCUT2D eigenvalue weighted by Gasteiger charge is -2.08. The van der Waals surface area contributed by atoms with Crippen LogP contribution in [-0.2, 0) is 13.1 Å². The van der Waals surface area contributed by atoms with Gasteiger partial charge in [-0.05, 0) is 19.1 Å². The fourth-order valence-corrected chi connectivity index (χ4v) is 1.81. The van der Waals surface area contributed by atoms with Crippen LogP contribution in [-0.4, -0.2) is 28.1 Å². The molecule has 0 saturated heterocycles. The molecule has 1 heterocycles. The third-order valence-electron chi connectivity index (χ3n) is 2.74. The van der Waals surface area contributed by atoms with E-state index in [2.05, 4.69) is 10.4 Å². The Morgan fingerprint density at radius 1 is 1.45 bits per heavy atom. The van der Waals surface area contributed by atoms with E-state index in [1.54, 1.807) is 23.0 Å². The normalized spacial score (nSPS) is 10.6. The van der Waals surface area contributed by atoms with Crippen LogP contribution in [0.1, 0.15) is 12.5 Å². The summed E-state index contributed by atoms with van der Waals surface area (Å²) in [4.78, 5) is 0. The fraction of sp³-hybridized carbons (Fsp3) is 0.357. The minimum Gasteiger partial charge on any atom is -0.491 e. The van der Waals surface area contributed by atoms with Gasteiger partial charge in [-0.2, -0.15) is 5.10 Å². The van der Waals surface area contributed by atoms with Gasteiger partial charge in [-0.1, -0.05) is 0 Å². The monoisotopic (exact) mass is 279 g/mol. The van der Waals surface area contributed by atoms with Crippen LogP contribution >= 0.6 is 0 Å². The van der Waals surface area contributed by atoms with Gasteiger partial charge in [0.15, 0.2) is 11.6 Å². The first-order valence-corrected chi connectivity index (χ1v) is 6.51. The minimum atomic E-state index is -0.382. The van der Waals surface area contributed by atoms with Crippen LogP contribution in [0.25, 0.3) is 0 Å². The first-order chi connectivity index (χ1) is 9.72. The summed E-state index contributed by atoms with van der Waals surface area (Å²) in [6.45, 7) is 3.32. The number of hydrogen-bond donors (Lipinski definition) is 2. The van der Waals surface area contributed by atoms with Gasteiger partial charge in [0, 0.05) is 30.1 Å². The van der Waals surface area contributed by atoms with Gasteiger partial charge in [0.2, 0.25) is 0 Å². The van der Waals surface area contributed by atoms with Crippen molar-refractivity contribution in [1.29, 1.82) is 0 Å². The molecule has 5 nitrogen and oxygen atoms in total. The van der Waals surface area contributed by atoms with Crippen molar-refractivity contribution < 1.29 is 14.2 Å². The molecular formula is C14H18FN3O2. The average molecular weight is 279 g/mol. The number of nitrogens with one attached hydrogen (secondary N) is 1. The summed E-state index contributed by atoms with van der Waals surface area (Å²) in [5.74, 6) is -0.123. The third-order valence-corrected chi connectivity index (χ3v) is 2.74. The van der Waals surface area contributed by atoms with Crippen molar-refractivity contribution in [3.63, 3.8) is 0 Å². The summed E-state index contributed by atoms with van der Waals surface area (Å²) in [6.07, 6.45) is 3.56. The van der Waals surface area contributed by atoms with Gasteiger partial charge in [0.25, 0.3) is 0 Å². The second-order valence-electron chi connectivity index (χ2n) is 4.27. The zero-order valence-corrected chi connectivity index (χ0v) is 11.3. The number of hydrogen-bond acceptors (Lipinski definition) is 4. The molecule has 0 saturated carbocycles. The number of nitrogens with zero attached hydrogens (tertiary/aromatic N) is 2. The lowest BCUT2D eigenvalue weighted by Crippen LogP contribution is -2.02. The second-order valence-corrected chi connectivity index (χ2v) is 4.27. The average Bonchev–Trinajstić information content (AvgIpc) is 2.88. The molecule has 0 aliphatic rings. The van der Waals surface area contributed by atoms with Crippen molar-refractivity contribution in [2.75, 3.05) is 18.5 Å². The molecule has 6 heteroatoms. The third kappa shape index (κ3) is 3.71. The van der Waals surface area contributed by atoms with Crippen LogP contribution in [0.4, 0.5) is 10.1 Å². The number of aromatic nitrogens is 2. The van der Waals surface area contributed by atoms with Gasteiger partial charge in [0.1, 0.15) is 0 Å². The van der Waals surface area contributed by atoms with E-state index in [9.17, 15) is 4.39 Å². The van der Waals surface area contributed by atoms with Gasteiger partial charge in [-0.25, -0.2) is 4.39 Å². The first-order valence-electron chi connectivity index (χ1n) is 6.51. The van der Waals surface area contributed by atoms with Gasteiger partial charge in [0.05, 0.1) is 26.0 Å².